The van der Waals surface area contributed by atoms with E-state index in [1.54, 1.807) is 12.1 Å². The van der Waals surface area contributed by atoms with Crippen molar-refractivity contribution >= 4 is 11.8 Å². The normalized spacial score (nSPS) is 17.9. The van der Waals surface area contributed by atoms with E-state index < -0.39 is 0 Å². The number of nitro benzene ring substituents is 1. The Labute approximate surface area is 113 Å². The van der Waals surface area contributed by atoms with E-state index in [1.807, 2.05) is 18.2 Å². The van der Waals surface area contributed by atoms with Crippen molar-refractivity contribution < 1.29 is 4.92 Å². The molecule has 0 aromatic heterocycles. The van der Waals surface area contributed by atoms with E-state index in [1.165, 1.54) is 6.07 Å². The first-order valence-electron chi connectivity index (χ1n) is 6.47. The highest BCUT2D eigenvalue weighted by atomic mass is 16.6. The number of hydrogen-bond acceptors (Lipinski definition) is 4. The van der Waals surface area contributed by atoms with Crippen molar-refractivity contribution in [1.82, 2.24) is 9.80 Å². The Bertz CT molecular complexity index is 466. The van der Waals surface area contributed by atoms with E-state index in [0.29, 0.717) is 5.56 Å². The highest BCUT2D eigenvalue weighted by Crippen LogP contribution is 2.18. The summed E-state index contributed by atoms with van der Waals surface area (Å²) in [7, 11) is 2.13. The van der Waals surface area contributed by atoms with Crippen molar-refractivity contribution in [2.24, 2.45) is 0 Å². The summed E-state index contributed by atoms with van der Waals surface area (Å²) in [6, 6.07) is 6.83. The van der Waals surface area contributed by atoms with Crippen molar-refractivity contribution in [3.05, 3.63) is 46.0 Å². The molecule has 0 aliphatic carbocycles. The fraction of sp³-hybridized carbons (Fsp3) is 0.429. The van der Waals surface area contributed by atoms with Gasteiger partial charge in [0.25, 0.3) is 5.69 Å². The molecule has 0 N–H and O–H groups in total. The standard InChI is InChI=1S/C14H19N3O2/c1-15-9-11-16(12-10-15)8-4-6-13-5-2-3-7-14(13)17(18)19/h2-7H,8-12H2,1H3. The van der Waals surface area contributed by atoms with Crippen molar-refractivity contribution in [1.29, 1.82) is 0 Å². The molecule has 0 saturated carbocycles. The fourth-order valence-corrected chi connectivity index (χ4v) is 2.15. The third-order valence-electron chi connectivity index (χ3n) is 3.39. The van der Waals surface area contributed by atoms with E-state index in [9.17, 15) is 10.1 Å². The average molecular weight is 261 g/mol. The number of para-hydroxylation sites is 1. The molecule has 0 unspecified atom stereocenters. The number of benzene rings is 1. The molecule has 0 radical (unpaired) electrons. The van der Waals surface area contributed by atoms with Crippen LogP contribution in [0, 0.1) is 10.1 Å². The van der Waals surface area contributed by atoms with Gasteiger partial charge in [-0.05, 0) is 13.1 Å². The van der Waals surface area contributed by atoms with Crippen LogP contribution in [0.15, 0.2) is 30.3 Å². The van der Waals surface area contributed by atoms with Crippen LogP contribution in [0.2, 0.25) is 0 Å². The minimum Gasteiger partial charge on any atom is -0.304 e. The van der Waals surface area contributed by atoms with Gasteiger partial charge in [0, 0.05) is 38.8 Å². The summed E-state index contributed by atoms with van der Waals surface area (Å²) in [5.74, 6) is 0. The number of piperazine rings is 1. The molecule has 0 atom stereocenters. The van der Waals surface area contributed by atoms with Gasteiger partial charge in [-0.25, -0.2) is 0 Å². The van der Waals surface area contributed by atoms with Gasteiger partial charge in [-0.3, -0.25) is 15.0 Å². The van der Waals surface area contributed by atoms with Crippen molar-refractivity contribution in [2.45, 2.75) is 0 Å². The maximum atomic E-state index is 10.9. The van der Waals surface area contributed by atoms with Crippen molar-refractivity contribution in [2.75, 3.05) is 39.8 Å². The van der Waals surface area contributed by atoms with Crippen LogP contribution in [-0.4, -0.2) is 54.5 Å². The molecule has 1 aliphatic heterocycles. The number of nitrogens with zero attached hydrogens (tertiary/aromatic N) is 3. The van der Waals surface area contributed by atoms with Gasteiger partial charge >= 0.3 is 0 Å². The average Bonchev–Trinajstić information content (AvgIpc) is 2.41. The van der Waals surface area contributed by atoms with Crippen LogP contribution in [0.3, 0.4) is 0 Å². The summed E-state index contributed by atoms with van der Waals surface area (Å²) in [6.45, 7) is 5.12. The molecular formula is C14H19N3O2. The molecule has 1 aromatic carbocycles. The molecule has 1 saturated heterocycles. The van der Waals surface area contributed by atoms with Crippen LogP contribution in [-0.2, 0) is 0 Å². The smallest absolute Gasteiger partial charge is 0.276 e. The van der Waals surface area contributed by atoms with Gasteiger partial charge in [-0.15, -0.1) is 0 Å². The summed E-state index contributed by atoms with van der Waals surface area (Å²) >= 11 is 0. The molecule has 1 aromatic rings. The predicted octanol–water partition coefficient (Wildman–Crippen LogP) is 1.86. The molecule has 102 valence electrons. The summed E-state index contributed by atoms with van der Waals surface area (Å²) in [5.41, 5.74) is 0.832. The molecule has 19 heavy (non-hydrogen) atoms. The first-order valence-corrected chi connectivity index (χ1v) is 6.47. The third kappa shape index (κ3) is 3.87. The second-order valence-corrected chi connectivity index (χ2v) is 4.82. The molecule has 1 fully saturated rings. The maximum Gasteiger partial charge on any atom is 0.276 e. The van der Waals surface area contributed by atoms with Gasteiger partial charge in [-0.1, -0.05) is 24.3 Å². The van der Waals surface area contributed by atoms with Crippen LogP contribution < -0.4 is 0 Å². The van der Waals surface area contributed by atoms with E-state index in [2.05, 4.69) is 16.8 Å². The predicted molar refractivity (Wildman–Crippen MR) is 76.1 cm³/mol. The second-order valence-electron chi connectivity index (χ2n) is 4.82. The zero-order chi connectivity index (χ0) is 13.7. The van der Waals surface area contributed by atoms with Gasteiger partial charge in [-0.2, -0.15) is 0 Å². The monoisotopic (exact) mass is 261 g/mol. The van der Waals surface area contributed by atoms with Crippen LogP contribution in [0.25, 0.3) is 6.08 Å². The van der Waals surface area contributed by atoms with Gasteiger partial charge < -0.3 is 4.90 Å². The molecular weight excluding hydrogens is 242 g/mol. The Balaban J connectivity index is 1.94. The lowest BCUT2D eigenvalue weighted by Crippen LogP contribution is -2.44. The Morgan fingerprint density at radius 1 is 1.26 bits per heavy atom. The van der Waals surface area contributed by atoms with E-state index in [0.717, 1.165) is 32.7 Å². The van der Waals surface area contributed by atoms with Crippen LogP contribution in [0.1, 0.15) is 5.56 Å². The lowest BCUT2D eigenvalue weighted by Gasteiger charge is -2.31. The SMILES string of the molecule is CN1CCN(CC=Cc2ccccc2[N+](=O)[O-])CC1. The molecule has 1 aliphatic rings. The first-order chi connectivity index (χ1) is 9.16. The molecule has 2 rings (SSSR count). The van der Waals surface area contributed by atoms with Crippen molar-refractivity contribution in [3.63, 3.8) is 0 Å². The maximum absolute atomic E-state index is 10.9. The summed E-state index contributed by atoms with van der Waals surface area (Å²) < 4.78 is 0. The highest BCUT2D eigenvalue weighted by Gasteiger charge is 2.12. The van der Waals surface area contributed by atoms with Gasteiger partial charge in [0.1, 0.15) is 0 Å². The van der Waals surface area contributed by atoms with Crippen LogP contribution >= 0.6 is 0 Å². The van der Waals surface area contributed by atoms with Gasteiger partial charge in [0.05, 0.1) is 10.5 Å². The summed E-state index contributed by atoms with van der Waals surface area (Å²) in [4.78, 5) is 15.2. The molecule has 1 heterocycles. The third-order valence-corrected chi connectivity index (χ3v) is 3.39. The van der Waals surface area contributed by atoms with Gasteiger partial charge in [0.15, 0.2) is 0 Å². The Morgan fingerprint density at radius 2 is 1.95 bits per heavy atom. The largest absolute Gasteiger partial charge is 0.304 e. The van der Waals surface area contributed by atoms with E-state index >= 15 is 0 Å². The molecule has 5 heteroatoms. The quantitative estimate of drug-likeness (QED) is 0.613. The lowest BCUT2D eigenvalue weighted by atomic mass is 10.1. The van der Waals surface area contributed by atoms with Gasteiger partial charge in [0.2, 0.25) is 0 Å². The fourth-order valence-electron chi connectivity index (χ4n) is 2.15. The molecule has 0 amide bonds. The van der Waals surface area contributed by atoms with E-state index in [4.69, 9.17) is 0 Å². The number of nitro groups is 1. The van der Waals surface area contributed by atoms with Crippen LogP contribution in [0.5, 0.6) is 0 Å². The number of likely N-dealkylation sites (N-methyl/N-ethyl adjacent to an activating group) is 1. The van der Waals surface area contributed by atoms with E-state index in [-0.39, 0.29) is 10.6 Å². The zero-order valence-corrected chi connectivity index (χ0v) is 11.2. The first kappa shape index (κ1) is 13.7. The van der Waals surface area contributed by atoms with Crippen molar-refractivity contribution in [3.8, 4) is 0 Å². The molecule has 0 bridgehead atoms. The van der Waals surface area contributed by atoms with Crippen LogP contribution in [0.4, 0.5) is 5.69 Å². The summed E-state index contributed by atoms with van der Waals surface area (Å²) in [5, 5.41) is 10.9. The second kappa shape index (κ2) is 6.45. The minimum absolute atomic E-state index is 0.164. The number of rotatable bonds is 4. The minimum atomic E-state index is -0.338. The highest BCUT2D eigenvalue weighted by molar-refractivity contribution is 5.60. The summed E-state index contributed by atoms with van der Waals surface area (Å²) in [6.07, 6.45) is 3.85. The number of hydrogen-bond donors (Lipinski definition) is 0. The zero-order valence-electron chi connectivity index (χ0n) is 11.2. The Morgan fingerprint density at radius 3 is 2.63 bits per heavy atom. The molecule has 5 nitrogen and oxygen atoms in total. The Hall–Kier alpha value is -1.72. The molecule has 0 spiro atoms. The topological polar surface area (TPSA) is 49.6 Å². The Kier molecular flexibility index (Phi) is 4.65. The lowest BCUT2D eigenvalue weighted by molar-refractivity contribution is -0.385.